The Labute approximate surface area is 266 Å². The van der Waals surface area contributed by atoms with Gasteiger partial charge >= 0.3 is 12.4 Å². The highest BCUT2D eigenvalue weighted by Gasteiger charge is 2.49. The van der Waals surface area contributed by atoms with Gasteiger partial charge in [0.05, 0.1) is 22.5 Å². The van der Waals surface area contributed by atoms with E-state index in [4.69, 9.17) is 0 Å². The number of benzene rings is 2. The van der Waals surface area contributed by atoms with Crippen LogP contribution < -0.4 is 5.32 Å². The molecular formula is C33H30F6N6O2. The molecule has 5 atom stereocenters. The topological polar surface area (TPSA) is 83.4 Å². The number of carbonyl (C=O) groups is 2. The van der Waals surface area contributed by atoms with E-state index in [-0.39, 0.29) is 11.4 Å². The lowest BCUT2D eigenvalue weighted by molar-refractivity contribution is -0.138. The van der Waals surface area contributed by atoms with E-state index >= 15 is 0 Å². The Morgan fingerprint density at radius 3 is 1.91 bits per heavy atom. The molecule has 8 nitrogen and oxygen atoms in total. The number of nitrogens with zero attached hydrogens (tertiary/aromatic N) is 5. The Morgan fingerprint density at radius 1 is 0.766 bits per heavy atom. The molecule has 2 amide bonds. The summed E-state index contributed by atoms with van der Waals surface area (Å²) in [6.07, 6.45) is -5.99. The highest BCUT2D eigenvalue weighted by atomic mass is 19.4. The Morgan fingerprint density at radius 2 is 1.34 bits per heavy atom. The van der Waals surface area contributed by atoms with Gasteiger partial charge in [-0.2, -0.15) is 31.4 Å². The summed E-state index contributed by atoms with van der Waals surface area (Å²) in [7, 11) is 0. The second-order valence-corrected chi connectivity index (χ2v) is 11.9. The number of nitrogens with one attached hydrogen (secondary N) is 1. The van der Waals surface area contributed by atoms with E-state index in [1.54, 1.807) is 35.5 Å². The van der Waals surface area contributed by atoms with E-state index in [9.17, 15) is 35.9 Å². The molecule has 2 aliphatic heterocycles. The average Bonchev–Trinajstić information content (AvgIpc) is 3.61. The highest BCUT2D eigenvalue weighted by molar-refractivity contribution is 6.03. The highest BCUT2D eigenvalue weighted by Crippen LogP contribution is 2.43. The minimum atomic E-state index is -4.57. The van der Waals surface area contributed by atoms with Crippen LogP contribution in [0.3, 0.4) is 0 Å². The van der Waals surface area contributed by atoms with Crippen LogP contribution in [0.2, 0.25) is 0 Å². The van der Waals surface area contributed by atoms with Gasteiger partial charge in [-0.05, 0) is 82.3 Å². The number of fused-ring (bicyclic) bond motifs is 1. The molecule has 0 radical (unpaired) electrons. The van der Waals surface area contributed by atoms with Gasteiger partial charge in [-0.3, -0.25) is 19.5 Å². The molecular weight excluding hydrogens is 626 g/mol. The molecule has 1 N–H and O–H groups in total. The van der Waals surface area contributed by atoms with Crippen LogP contribution in [-0.4, -0.2) is 60.5 Å². The third kappa shape index (κ3) is 5.64. The van der Waals surface area contributed by atoms with E-state index in [1.807, 2.05) is 32.6 Å². The van der Waals surface area contributed by atoms with Crippen molar-refractivity contribution in [1.29, 1.82) is 0 Å². The second kappa shape index (κ2) is 11.5. The van der Waals surface area contributed by atoms with Crippen LogP contribution in [0.4, 0.5) is 32.0 Å². The van der Waals surface area contributed by atoms with Crippen molar-refractivity contribution in [2.75, 3.05) is 5.32 Å². The van der Waals surface area contributed by atoms with Crippen molar-refractivity contribution in [3.8, 4) is 16.9 Å². The first-order valence-electron chi connectivity index (χ1n) is 14.9. The molecule has 6 rings (SSSR count). The molecule has 47 heavy (non-hydrogen) atoms. The first-order chi connectivity index (χ1) is 22.1. The Hall–Kier alpha value is -4.72. The second-order valence-electron chi connectivity index (χ2n) is 11.9. The van der Waals surface area contributed by atoms with Crippen molar-refractivity contribution >= 4 is 17.5 Å². The van der Waals surface area contributed by atoms with Crippen LogP contribution in [0.15, 0.2) is 73.1 Å². The number of carbonyl (C=O) groups excluding carboxylic acids is 2. The average molecular weight is 657 g/mol. The SMILES string of the molecule is CC1C(C)N(C2C(=O)Nc3cc(C(F)(F)F)ccc32)C(C)C(C)N1C(=O)c1cc(-c2ccncc2)n(-c2ccc(C(F)(F)F)cc2)n1. The minimum Gasteiger partial charge on any atom is -0.329 e. The van der Waals surface area contributed by atoms with Gasteiger partial charge in [0.2, 0.25) is 5.91 Å². The monoisotopic (exact) mass is 656 g/mol. The largest absolute Gasteiger partial charge is 0.416 e. The van der Waals surface area contributed by atoms with Gasteiger partial charge in [-0.25, -0.2) is 4.68 Å². The lowest BCUT2D eigenvalue weighted by Crippen LogP contribution is -2.67. The number of amides is 2. The minimum absolute atomic E-state index is 0.0619. The summed E-state index contributed by atoms with van der Waals surface area (Å²) in [6.45, 7) is 7.36. The predicted molar refractivity (Wildman–Crippen MR) is 160 cm³/mol. The molecule has 2 aromatic heterocycles. The van der Waals surface area contributed by atoms with Crippen LogP contribution in [0.5, 0.6) is 0 Å². The van der Waals surface area contributed by atoms with Crippen molar-refractivity contribution in [2.45, 2.75) is 70.3 Å². The van der Waals surface area contributed by atoms with E-state index in [0.717, 1.165) is 24.3 Å². The molecule has 0 saturated carbocycles. The number of hydrogen-bond acceptors (Lipinski definition) is 5. The number of pyridine rings is 1. The molecule has 2 aliphatic rings. The standard InChI is InChI=1S/C33H30F6N6O2/c1-17-19(3)44(20(4)18(2)43(17)29-25-10-7-23(33(37,38)39)15-26(25)41-30(29)46)31(47)27-16-28(21-11-13-40-14-12-21)45(42-27)24-8-5-22(6-9-24)32(34,35)36/h5-20,29H,1-4H3,(H,41,46). The van der Waals surface area contributed by atoms with Crippen molar-refractivity contribution in [1.82, 2.24) is 24.6 Å². The summed E-state index contributed by atoms with van der Waals surface area (Å²) >= 11 is 0. The maximum Gasteiger partial charge on any atom is 0.416 e. The summed E-state index contributed by atoms with van der Waals surface area (Å²) in [5, 5.41) is 7.16. The fraction of sp³-hybridized carbons (Fsp3) is 0.333. The van der Waals surface area contributed by atoms with Gasteiger partial charge in [0, 0.05) is 53.4 Å². The van der Waals surface area contributed by atoms with Crippen LogP contribution >= 0.6 is 0 Å². The maximum atomic E-state index is 14.2. The van der Waals surface area contributed by atoms with Gasteiger partial charge in [0.25, 0.3) is 5.91 Å². The number of aromatic nitrogens is 3. The van der Waals surface area contributed by atoms with Crippen LogP contribution in [0.1, 0.15) is 60.9 Å². The van der Waals surface area contributed by atoms with E-state index in [0.29, 0.717) is 22.5 Å². The quantitative estimate of drug-likeness (QED) is 0.240. The van der Waals surface area contributed by atoms with E-state index < -0.39 is 65.5 Å². The number of alkyl halides is 6. The zero-order chi connectivity index (χ0) is 34.0. The molecule has 1 fully saturated rings. The van der Waals surface area contributed by atoms with Gasteiger partial charge in [0.1, 0.15) is 6.04 Å². The first-order valence-corrected chi connectivity index (χ1v) is 14.9. The number of halogens is 6. The fourth-order valence-electron chi connectivity index (χ4n) is 6.60. The lowest BCUT2D eigenvalue weighted by atomic mass is 9.90. The van der Waals surface area contributed by atoms with Crippen molar-refractivity contribution in [2.24, 2.45) is 0 Å². The van der Waals surface area contributed by atoms with Crippen molar-refractivity contribution < 1.29 is 35.9 Å². The molecule has 246 valence electrons. The van der Waals surface area contributed by atoms with Gasteiger partial charge in [-0.1, -0.05) is 6.07 Å². The Bertz CT molecular complexity index is 1810. The summed E-state index contributed by atoms with van der Waals surface area (Å²) in [5.74, 6) is -0.870. The molecule has 4 aromatic rings. The van der Waals surface area contributed by atoms with Crippen molar-refractivity contribution in [3.05, 3.63) is 95.4 Å². The Balaban J connectivity index is 1.33. The first kappa shape index (κ1) is 32.2. The molecule has 1 saturated heterocycles. The third-order valence-corrected chi connectivity index (χ3v) is 9.27. The van der Waals surface area contributed by atoms with Gasteiger partial charge in [0.15, 0.2) is 5.69 Å². The number of rotatable bonds is 4. The summed E-state index contributed by atoms with van der Waals surface area (Å²) in [4.78, 5) is 35.1. The Kier molecular flexibility index (Phi) is 7.89. The summed E-state index contributed by atoms with van der Waals surface area (Å²) < 4.78 is 81.2. The maximum absolute atomic E-state index is 14.2. The normalized spacial score (nSPS) is 23.5. The van der Waals surface area contributed by atoms with E-state index in [2.05, 4.69) is 15.4 Å². The van der Waals surface area contributed by atoms with Crippen molar-refractivity contribution in [3.63, 3.8) is 0 Å². The number of anilines is 1. The van der Waals surface area contributed by atoms with Crippen LogP contribution in [0, 0.1) is 0 Å². The van der Waals surface area contributed by atoms with Crippen LogP contribution in [-0.2, 0) is 17.1 Å². The predicted octanol–water partition coefficient (Wildman–Crippen LogP) is 6.98. The number of hydrogen-bond donors (Lipinski definition) is 1. The van der Waals surface area contributed by atoms with Gasteiger partial charge < -0.3 is 10.2 Å². The molecule has 14 heteroatoms. The fourth-order valence-corrected chi connectivity index (χ4v) is 6.60. The zero-order valence-electron chi connectivity index (χ0n) is 25.6. The number of piperazine rings is 1. The molecule has 4 heterocycles. The molecule has 0 bridgehead atoms. The molecule has 0 aliphatic carbocycles. The van der Waals surface area contributed by atoms with E-state index in [1.165, 1.54) is 22.9 Å². The smallest absolute Gasteiger partial charge is 0.329 e. The summed E-state index contributed by atoms with van der Waals surface area (Å²) in [6, 6.07) is 10.0. The lowest BCUT2D eigenvalue weighted by Gasteiger charge is -2.54. The molecule has 0 spiro atoms. The summed E-state index contributed by atoms with van der Waals surface area (Å²) in [5.41, 5.74) is 0.327. The van der Waals surface area contributed by atoms with Crippen LogP contribution in [0.25, 0.3) is 16.9 Å². The molecule has 2 aromatic carbocycles. The zero-order valence-corrected chi connectivity index (χ0v) is 25.6. The third-order valence-electron chi connectivity index (χ3n) is 9.27. The molecule has 5 unspecified atom stereocenters. The van der Waals surface area contributed by atoms with Gasteiger partial charge in [-0.15, -0.1) is 0 Å².